The fraction of sp³-hybridized carbons (Fsp3) is 0.474. The molecule has 0 spiro atoms. The molecular weight excluding hydrogens is 381 g/mol. The number of anilines is 2. The molecular formula is C19H24FN5O2S. The van der Waals surface area contributed by atoms with Crippen LogP contribution in [0.15, 0.2) is 35.2 Å². The van der Waals surface area contributed by atoms with E-state index in [0.717, 1.165) is 30.5 Å². The Bertz CT molecular complexity index is 937. The van der Waals surface area contributed by atoms with E-state index in [1.807, 2.05) is 13.0 Å². The predicted molar refractivity (Wildman–Crippen MR) is 106 cm³/mol. The lowest BCUT2D eigenvalue weighted by atomic mass is 10.3. The largest absolute Gasteiger partial charge is 0.356 e. The molecule has 1 aromatic carbocycles. The van der Waals surface area contributed by atoms with Gasteiger partial charge in [0.1, 0.15) is 23.3 Å². The maximum absolute atomic E-state index is 13.1. The number of rotatable bonds is 4. The predicted octanol–water partition coefficient (Wildman–Crippen LogP) is 2.04. The molecule has 28 heavy (non-hydrogen) atoms. The topological polar surface area (TPSA) is 69.6 Å². The third-order valence-electron chi connectivity index (χ3n) is 5.26. The molecule has 150 valence electrons. The average Bonchev–Trinajstić information content (AvgIpc) is 3.23. The quantitative estimate of drug-likeness (QED) is 0.775. The molecule has 0 bridgehead atoms. The van der Waals surface area contributed by atoms with E-state index in [0.29, 0.717) is 26.2 Å². The number of aromatic nitrogens is 2. The van der Waals surface area contributed by atoms with Crippen LogP contribution in [0.4, 0.5) is 16.0 Å². The number of hydrogen-bond donors (Lipinski definition) is 0. The van der Waals surface area contributed by atoms with E-state index in [4.69, 9.17) is 0 Å². The summed E-state index contributed by atoms with van der Waals surface area (Å²) in [6.07, 6.45) is 2.36. The Morgan fingerprint density at radius 3 is 1.96 bits per heavy atom. The highest BCUT2D eigenvalue weighted by Gasteiger charge is 2.29. The minimum absolute atomic E-state index is 0.122. The molecule has 2 aliphatic rings. The van der Waals surface area contributed by atoms with Crippen molar-refractivity contribution in [1.29, 1.82) is 0 Å². The van der Waals surface area contributed by atoms with Gasteiger partial charge in [-0.15, -0.1) is 0 Å². The molecule has 0 saturated carbocycles. The third kappa shape index (κ3) is 3.81. The molecule has 2 fully saturated rings. The number of halogens is 1. The minimum atomic E-state index is -3.61. The molecule has 0 N–H and O–H groups in total. The summed E-state index contributed by atoms with van der Waals surface area (Å²) in [6.45, 7) is 5.74. The Morgan fingerprint density at radius 2 is 1.39 bits per heavy atom. The SMILES string of the molecule is Cc1nc(N2CCCC2)cc(N2CCN(S(=O)(=O)c3ccc(F)cc3)CC2)n1. The molecule has 1 aromatic heterocycles. The molecule has 0 unspecified atom stereocenters. The number of sulfonamides is 1. The number of benzene rings is 1. The van der Waals surface area contributed by atoms with Crippen molar-refractivity contribution in [3.63, 3.8) is 0 Å². The first-order valence-corrected chi connectivity index (χ1v) is 11.0. The molecule has 7 nitrogen and oxygen atoms in total. The third-order valence-corrected chi connectivity index (χ3v) is 7.17. The molecule has 0 radical (unpaired) electrons. The van der Waals surface area contributed by atoms with Crippen LogP contribution in [-0.4, -0.2) is 62.0 Å². The first-order chi connectivity index (χ1) is 13.4. The molecule has 2 saturated heterocycles. The number of hydrogen-bond acceptors (Lipinski definition) is 6. The summed E-state index contributed by atoms with van der Waals surface area (Å²) in [5.41, 5.74) is 0. The van der Waals surface area contributed by atoms with Gasteiger partial charge in [0, 0.05) is 45.3 Å². The Balaban J connectivity index is 1.47. The highest BCUT2D eigenvalue weighted by atomic mass is 32.2. The van der Waals surface area contributed by atoms with E-state index in [2.05, 4.69) is 19.8 Å². The second kappa shape index (κ2) is 7.63. The summed E-state index contributed by atoms with van der Waals surface area (Å²) in [7, 11) is -3.61. The van der Waals surface area contributed by atoms with Crippen LogP contribution in [0.25, 0.3) is 0 Å². The lowest BCUT2D eigenvalue weighted by Crippen LogP contribution is -2.49. The highest BCUT2D eigenvalue weighted by molar-refractivity contribution is 7.89. The fourth-order valence-electron chi connectivity index (χ4n) is 3.72. The van der Waals surface area contributed by atoms with Gasteiger partial charge in [-0.05, 0) is 44.0 Å². The summed E-state index contributed by atoms with van der Waals surface area (Å²) < 4.78 is 40.1. The molecule has 0 aliphatic carbocycles. The maximum Gasteiger partial charge on any atom is 0.243 e. The van der Waals surface area contributed by atoms with Crippen molar-refractivity contribution in [3.05, 3.63) is 42.0 Å². The van der Waals surface area contributed by atoms with E-state index >= 15 is 0 Å². The minimum Gasteiger partial charge on any atom is -0.356 e. The van der Waals surface area contributed by atoms with Gasteiger partial charge in [0.25, 0.3) is 0 Å². The normalized spacial score (nSPS) is 18.6. The van der Waals surface area contributed by atoms with Gasteiger partial charge in [-0.25, -0.2) is 22.8 Å². The second-order valence-electron chi connectivity index (χ2n) is 7.17. The summed E-state index contributed by atoms with van der Waals surface area (Å²) in [5.74, 6) is 2.06. The zero-order valence-corrected chi connectivity index (χ0v) is 16.7. The number of aryl methyl sites for hydroxylation is 1. The van der Waals surface area contributed by atoms with Crippen molar-refractivity contribution >= 4 is 21.7 Å². The first-order valence-electron chi connectivity index (χ1n) is 9.55. The van der Waals surface area contributed by atoms with Crippen LogP contribution in [0, 0.1) is 12.7 Å². The summed E-state index contributed by atoms with van der Waals surface area (Å²) in [5, 5.41) is 0. The van der Waals surface area contributed by atoms with Gasteiger partial charge in [-0.2, -0.15) is 4.31 Å². The van der Waals surface area contributed by atoms with Crippen molar-refractivity contribution in [1.82, 2.24) is 14.3 Å². The van der Waals surface area contributed by atoms with Gasteiger partial charge in [0.2, 0.25) is 10.0 Å². The van der Waals surface area contributed by atoms with E-state index in [-0.39, 0.29) is 4.90 Å². The second-order valence-corrected chi connectivity index (χ2v) is 9.11. The molecule has 2 aliphatic heterocycles. The van der Waals surface area contributed by atoms with Crippen LogP contribution in [0.5, 0.6) is 0 Å². The monoisotopic (exact) mass is 405 g/mol. The van der Waals surface area contributed by atoms with E-state index in [1.54, 1.807) is 0 Å². The van der Waals surface area contributed by atoms with Gasteiger partial charge < -0.3 is 9.80 Å². The number of piperazine rings is 1. The van der Waals surface area contributed by atoms with Crippen molar-refractivity contribution < 1.29 is 12.8 Å². The number of nitrogens with zero attached hydrogens (tertiary/aromatic N) is 5. The maximum atomic E-state index is 13.1. The summed E-state index contributed by atoms with van der Waals surface area (Å²) in [6, 6.07) is 6.97. The summed E-state index contributed by atoms with van der Waals surface area (Å²) in [4.78, 5) is 13.6. The van der Waals surface area contributed by atoms with Crippen LogP contribution >= 0.6 is 0 Å². The zero-order chi connectivity index (χ0) is 19.7. The van der Waals surface area contributed by atoms with E-state index < -0.39 is 15.8 Å². The Hall–Kier alpha value is -2.26. The van der Waals surface area contributed by atoms with Crippen LogP contribution in [0.2, 0.25) is 0 Å². The van der Waals surface area contributed by atoms with Crippen LogP contribution in [0.1, 0.15) is 18.7 Å². The van der Waals surface area contributed by atoms with Gasteiger partial charge in [0.05, 0.1) is 4.90 Å². The standard InChI is InChI=1S/C19H24FN5O2S/c1-15-21-18(23-8-2-3-9-23)14-19(22-15)24-10-12-25(13-11-24)28(26,27)17-6-4-16(20)5-7-17/h4-7,14H,2-3,8-13H2,1H3. The van der Waals surface area contributed by atoms with Crippen LogP contribution in [-0.2, 0) is 10.0 Å². The smallest absolute Gasteiger partial charge is 0.243 e. The van der Waals surface area contributed by atoms with Gasteiger partial charge in [-0.3, -0.25) is 0 Å². The molecule has 3 heterocycles. The van der Waals surface area contributed by atoms with Crippen molar-refractivity contribution in [3.8, 4) is 0 Å². The van der Waals surface area contributed by atoms with E-state index in [9.17, 15) is 12.8 Å². The zero-order valence-electron chi connectivity index (χ0n) is 15.9. The molecule has 0 amide bonds. The average molecular weight is 405 g/mol. The molecule has 0 atom stereocenters. The van der Waals surface area contributed by atoms with Crippen LogP contribution in [0.3, 0.4) is 0 Å². The molecule has 9 heteroatoms. The van der Waals surface area contributed by atoms with Crippen LogP contribution < -0.4 is 9.80 Å². The molecule has 2 aromatic rings. The van der Waals surface area contributed by atoms with Crippen molar-refractivity contribution in [2.45, 2.75) is 24.7 Å². The molecule has 4 rings (SSSR count). The highest BCUT2D eigenvalue weighted by Crippen LogP contribution is 2.25. The lowest BCUT2D eigenvalue weighted by molar-refractivity contribution is 0.383. The Kier molecular flexibility index (Phi) is 5.20. The van der Waals surface area contributed by atoms with Gasteiger partial charge >= 0.3 is 0 Å². The fourth-order valence-corrected chi connectivity index (χ4v) is 5.14. The Morgan fingerprint density at radius 1 is 0.857 bits per heavy atom. The van der Waals surface area contributed by atoms with Crippen molar-refractivity contribution in [2.24, 2.45) is 0 Å². The van der Waals surface area contributed by atoms with Gasteiger partial charge in [0.15, 0.2) is 0 Å². The summed E-state index contributed by atoms with van der Waals surface area (Å²) >= 11 is 0. The van der Waals surface area contributed by atoms with Crippen molar-refractivity contribution in [2.75, 3.05) is 49.1 Å². The lowest BCUT2D eigenvalue weighted by Gasteiger charge is -2.35. The first kappa shape index (κ1) is 19.1. The van der Waals surface area contributed by atoms with E-state index in [1.165, 1.54) is 41.4 Å². The Labute approximate surface area is 164 Å². The van der Waals surface area contributed by atoms with Gasteiger partial charge in [-0.1, -0.05) is 0 Å².